The molecule has 0 atom stereocenters. The minimum Gasteiger partial charge on any atom is -0.454 e. The summed E-state index contributed by atoms with van der Waals surface area (Å²) in [6.07, 6.45) is 0. The maximum Gasteiger partial charge on any atom is 0.165 e. The third kappa shape index (κ3) is 2.48. The number of hydrogen-bond acceptors (Lipinski definition) is 2. The van der Waals surface area contributed by atoms with Gasteiger partial charge in [-0.25, -0.2) is 4.39 Å². The third-order valence-corrected chi connectivity index (χ3v) is 2.48. The molecule has 0 spiro atoms. The zero-order valence-electron chi connectivity index (χ0n) is 9.91. The SMILES string of the molecule is Cc1ccc(Oc2ccccc2F)c(C(=N)N)c1. The Morgan fingerprint density at radius 1 is 1.17 bits per heavy atom. The van der Waals surface area contributed by atoms with Crippen molar-refractivity contribution in [3.63, 3.8) is 0 Å². The molecule has 4 heteroatoms. The average molecular weight is 244 g/mol. The number of nitrogen functional groups attached to an aromatic ring is 1. The van der Waals surface area contributed by atoms with E-state index in [1.807, 2.05) is 13.0 Å². The van der Waals surface area contributed by atoms with E-state index < -0.39 is 5.82 Å². The van der Waals surface area contributed by atoms with E-state index in [0.717, 1.165) is 5.56 Å². The Morgan fingerprint density at radius 2 is 1.89 bits per heavy atom. The molecular weight excluding hydrogens is 231 g/mol. The van der Waals surface area contributed by atoms with Crippen LogP contribution in [-0.4, -0.2) is 5.84 Å². The smallest absolute Gasteiger partial charge is 0.165 e. The molecule has 2 rings (SSSR count). The fourth-order valence-corrected chi connectivity index (χ4v) is 1.59. The summed E-state index contributed by atoms with van der Waals surface area (Å²) >= 11 is 0. The van der Waals surface area contributed by atoms with E-state index >= 15 is 0 Å². The van der Waals surface area contributed by atoms with Crippen molar-refractivity contribution in [1.29, 1.82) is 5.41 Å². The molecule has 2 aromatic rings. The quantitative estimate of drug-likeness (QED) is 0.643. The lowest BCUT2D eigenvalue weighted by Crippen LogP contribution is -2.12. The number of ether oxygens (including phenoxy) is 1. The van der Waals surface area contributed by atoms with Crippen molar-refractivity contribution < 1.29 is 9.13 Å². The van der Waals surface area contributed by atoms with Gasteiger partial charge in [0.15, 0.2) is 11.6 Å². The number of nitrogens with one attached hydrogen (secondary N) is 1. The second-order valence-electron chi connectivity index (χ2n) is 3.95. The number of halogens is 1. The van der Waals surface area contributed by atoms with Crippen molar-refractivity contribution in [3.05, 3.63) is 59.4 Å². The second-order valence-corrected chi connectivity index (χ2v) is 3.95. The summed E-state index contributed by atoms with van der Waals surface area (Å²) in [6, 6.07) is 11.3. The summed E-state index contributed by atoms with van der Waals surface area (Å²) < 4.78 is 18.9. The third-order valence-electron chi connectivity index (χ3n) is 2.48. The summed E-state index contributed by atoms with van der Waals surface area (Å²) in [4.78, 5) is 0. The maximum atomic E-state index is 13.5. The van der Waals surface area contributed by atoms with Crippen molar-refractivity contribution in [2.75, 3.05) is 0 Å². The molecule has 0 saturated heterocycles. The number of rotatable bonds is 3. The number of aryl methyl sites for hydroxylation is 1. The predicted molar refractivity (Wildman–Crippen MR) is 68.7 cm³/mol. The second kappa shape index (κ2) is 4.87. The molecular formula is C14H13FN2O. The van der Waals surface area contributed by atoms with Crippen molar-refractivity contribution >= 4 is 5.84 Å². The van der Waals surface area contributed by atoms with Gasteiger partial charge in [0, 0.05) is 0 Å². The van der Waals surface area contributed by atoms with Crippen LogP contribution in [-0.2, 0) is 0 Å². The predicted octanol–water partition coefficient (Wildman–Crippen LogP) is 3.21. The largest absolute Gasteiger partial charge is 0.454 e. The first-order valence-corrected chi connectivity index (χ1v) is 5.45. The molecule has 0 amide bonds. The van der Waals surface area contributed by atoms with Gasteiger partial charge in [0.1, 0.15) is 11.6 Å². The summed E-state index contributed by atoms with van der Waals surface area (Å²) in [5.41, 5.74) is 6.90. The highest BCUT2D eigenvalue weighted by molar-refractivity contribution is 5.97. The lowest BCUT2D eigenvalue weighted by atomic mass is 10.1. The number of nitrogens with two attached hydrogens (primary N) is 1. The van der Waals surface area contributed by atoms with Crippen molar-refractivity contribution in [1.82, 2.24) is 0 Å². The van der Waals surface area contributed by atoms with E-state index in [4.69, 9.17) is 15.9 Å². The van der Waals surface area contributed by atoms with Crippen LogP contribution in [0.4, 0.5) is 4.39 Å². The topological polar surface area (TPSA) is 59.1 Å². The summed E-state index contributed by atoms with van der Waals surface area (Å²) in [7, 11) is 0. The van der Waals surface area contributed by atoms with Crippen LogP contribution < -0.4 is 10.5 Å². The highest BCUT2D eigenvalue weighted by Gasteiger charge is 2.10. The Morgan fingerprint density at radius 3 is 2.56 bits per heavy atom. The molecule has 3 nitrogen and oxygen atoms in total. The van der Waals surface area contributed by atoms with Gasteiger partial charge in [-0.15, -0.1) is 0 Å². The van der Waals surface area contributed by atoms with Crippen LogP contribution in [0.5, 0.6) is 11.5 Å². The van der Waals surface area contributed by atoms with Crippen molar-refractivity contribution in [2.45, 2.75) is 6.92 Å². The zero-order chi connectivity index (χ0) is 13.1. The van der Waals surface area contributed by atoms with E-state index in [9.17, 15) is 4.39 Å². The van der Waals surface area contributed by atoms with Crippen LogP contribution >= 0.6 is 0 Å². The Hall–Kier alpha value is -2.36. The maximum absolute atomic E-state index is 13.5. The highest BCUT2D eigenvalue weighted by Crippen LogP contribution is 2.27. The Kier molecular flexibility index (Phi) is 3.28. The van der Waals surface area contributed by atoms with Crippen molar-refractivity contribution in [2.24, 2.45) is 5.73 Å². The highest BCUT2D eigenvalue weighted by atomic mass is 19.1. The van der Waals surface area contributed by atoms with E-state index in [2.05, 4.69) is 0 Å². The fraction of sp³-hybridized carbons (Fsp3) is 0.0714. The monoisotopic (exact) mass is 244 g/mol. The Bertz CT molecular complexity index is 596. The molecule has 0 saturated carbocycles. The van der Waals surface area contributed by atoms with E-state index in [1.165, 1.54) is 12.1 Å². The lowest BCUT2D eigenvalue weighted by Gasteiger charge is -2.11. The molecule has 0 bridgehead atoms. The Labute approximate surface area is 105 Å². The molecule has 18 heavy (non-hydrogen) atoms. The molecule has 0 heterocycles. The van der Waals surface area contributed by atoms with Gasteiger partial charge in [0.25, 0.3) is 0 Å². The van der Waals surface area contributed by atoms with Crippen LogP contribution in [0.15, 0.2) is 42.5 Å². The first-order chi connectivity index (χ1) is 8.58. The molecule has 92 valence electrons. The first-order valence-electron chi connectivity index (χ1n) is 5.45. The molecule has 0 fully saturated rings. The molecule has 0 unspecified atom stereocenters. The summed E-state index contributed by atoms with van der Waals surface area (Å²) in [5.74, 6) is -0.0698. The van der Waals surface area contributed by atoms with E-state index in [-0.39, 0.29) is 11.6 Å². The molecule has 0 aliphatic rings. The normalized spacial score (nSPS) is 10.1. The van der Waals surface area contributed by atoms with Crippen LogP contribution in [0.25, 0.3) is 0 Å². The molecule has 0 aliphatic heterocycles. The van der Waals surface area contributed by atoms with Gasteiger partial charge in [-0.1, -0.05) is 23.8 Å². The number of hydrogen-bond donors (Lipinski definition) is 2. The van der Waals surface area contributed by atoms with E-state index in [0.29, 0.717) is 11.3 Å². The van der Waals surface area contributed by atoms with Crippen molar-refractivity contribution in [3.8, 4) is 11.5 Å². The van der Waals surface area contributed by atoms with Gasteiger partial charge in [0.2, 0.25) is 0 Å². The van der Waals surface area contributed by atoms with Gasteiger partial charge in [-0.2, -0.15) is 0 Å². The molecule has 3 N–H and O–H groups in total. The lowest BCUT2D eigenvalue weighted by molar-refractivity contribution is 0.441. The van der Waals surface area contributed by atoms with Gasteiger partial charge in [-0.3, -0.25) is 5.41 Å². The first kappa shape index (κ1) is 12.1. The van der Waals surface area contributed by atoms with Crippen LogP contribution in [0.2, 0.25) is 0 Å². The minimum atomic E-state index is -0.451. The van der Waals surface area contributed by atoms with E-state index in [1.54, 1.807) is 24.3 Å². The fourth-order valence-electron chi connectivity index (χ4n) is 1.59. The minimum absolute atomic E-state index is 0.106. The van der Waals surface area contributed by atoms with Gasteiger partial charge >= 0.3 is 0 Å². The Balaban J connectivity index is 2.41. The average Bonchev–Trinajstić information content (AvgIpc) is 2.34. The molecule has 0 aromatic heterocycles. The van der Waals surface area contributed by atoms with Gasteiger partial charge < -0.3 is 10.5 Å². The standard InChI is InChI=1S/C14H13FN2O/c1-9-6-7-12(10(8-9)14(16)17)18-13-5-3-2-4-11(13)15/h2-8H,1H3,(H3,16,17). The number of para-hydroxylation sites is 1. The zero-order valence-corrected chi connectivity index (χ0v) is 9.91. The van der Waals surface area contributed by atoms with Crippen LogP contribution in [0, 0.1) is 18.2 Å². The molecule has 2 aromatic carbocycles. The number of amidine groups is 1. The molecule has 0 radical (unpaired) electrons. The number of benzene rings is 2. The summed E-state index contributed by atoms with van der Waals surface area (Å²) in [6.45, 7) is 1.89. The molecule has 0 aliphatic carbocycles. The van der Waals surface area contributed by atoms with Gasteiger partial charge in [-0.05, 0) is 31.2 Å². The van der Waals surface area contributed by atoms with Gasteiger partial charge in [0.05, 0.1) is 5.56 Å². The van der Waals surface area contributed by atoms with Crippen LogP contribution in [0.1, 0.15) is 11.1 Å². The van der Waals surface area contributed by atoms with Crippen LogP contribution in [0.3, 0.4) is 0 Å². The summed E-state index contributed by atoms with van der Waals surface area (Å²) in [5, 5.41) is 7.50.